The molecule has 1 fully saturated rings. The van der Waals surface area contributed by atoms with Gasteiger partial charge in [-0.1, -0.05) is 19.9 Å². The van der Waals surface area contributed by atoms with Gasteiger partial charge in [-0.25, -0.2) is 0 Å². The van der Waals surface area contributed by atoms with E-state index in [9.17, 15) is 0 Å². The van der Waals surface area contributed by atoms with Crippen LogP contribution in [0.1, 0.15) is 25.8 Å². The number of ether oxygens (including phenoxy) is 3. The summed E-state index contributed by atoms with van der Waals surface area (Å²) in [4.78, 5) is 2.45. The van der Waals surface area contributed by atoms with E-state index in [1.807, 2.05) is 12.1 Å². The van der Waals surface area contributed by atoms with Crippen molar-refractivity contribution < 1.29 is 14.2 Å². The van der Waals surface area contributed by atoms with Gasteiger partial charge in [-0.05, 0) is 18.4 Å². The average Bonchev–Trinajstić information content (AvgIpc) is 2.47. The number of morpholine rings is 1. The summed E-state index contributed by atoms with van der Waals surface area (Å²) in [7, 11) is 3.38. The van der Waals surface area contributed by atoms with E-state index in [0.29, 0.717) is 12.0 Å². The molecule has 1 unspecified atom stereocenters. The molecule has 118 valence electrons. The highest BCUT2D eigenvalue weighted by Crippen LogP contribution is 2.26. The van der Waals surface area contributed by atoms with Crippen molar-refractivity contribution in [2.24, 2.45) is 5.92 Å². The third-order valence-corrected chi connectivity index (χ3v) is 3.85. The lowest BCUT2D eigenvalue weighted by atomic mass is 10.0. The third kappa shape index (κ3) is 4.61. The van der Waals surface area contributed by atoms with Crippen LogP contribution in [-0.2, 0) is 11.3 Å². The predicted octanol–water partition coefficient (Wildman–Crippen LogP) is 2.95. The maximum absolute atomic E-state index is 5.86. The van der Waals surface area contributed by atoms with Crippen molar-refractivity contribution in [3.05, 3.63) is 23.8 Å². The smallest absolute Gasteiger partial charge is 0.127 e. The van der Waals surface area contributed by atoms with Crippen LogP contribution in [0.2, 0.25) is 0 Å². The zero-order valence-electron chi connectivity index (χ0n) is 13.6. The number of benzene rings is 1. The molecule has 0 aliphatic carbocycles. The Morgan fingerprint density at radius 1 is 1.29 bits per heavy atom. The lowest BCUT2D eigenvalue weighted by Crippen LogP contribution is -2.42. The fourth-order valence-corrected chi connectivity index (χ4v) is 2.82. The van der Waals surface area contributed by atoms with Gasteiger partial charge >= 0.3 is 0 Å². The van der Waals surface area contributed by atoms with E-state index in [-0.39, 0.29) is 0 Å². The molecule has 1 aromatic rings. The zero-order valence-corrected chi connectivity index (χ0v) is 13.6. The summed E-state index contributed by atoms with van der Waals surface area (Å²) in [6.45, 7) is 8.17. The lowest BCUT2D eigenvalue weighted by molar-refractivity contribution is -0.0401. The van der Waals surface area contributed by atoms with Gasteiger partial charge < -0.3 is 14.2 Å². The molecule has 2 rings (SSSR count). The van der Waals surface area contributed by atoms with Crippen LogP contribution >= 0.6 is 0 Å². The summed E-state index contributed by atoms with van der Waals surface area (Å²) in [6.07, 6.45) is 1.47. The predicted molar refractivity (Wildman–Crippen MR) is 84.0 cm³/mol. The van der Waals surface area contributed by atoms with Crippen LogP contribution in [0.3, 0.4) is 0 Å². The van der Waals surface area contributed by atoms with E-state index in [1.54, 1.807) is 14.2 Å². The standard InChI is InChI=1S/C17H27NO3/c1-13(2)9-16-12-18(7-8-21-16)11-14-5-6-15(19-3)10-17(14)20-4/h5-6,10,13,16H,7-9,11-12H2,1-4H3. The maximum Gasteiger partial charge on any atom is 0.127 e. The van der Waals surface area contributed by atoms with Crippen LogP contribution in [0.5, 0.6) is 11.5 Å². The highest BCUT2D eigenvalue weighted by atomic mass is 16.5. The zero-order chi connectivity index (χ0) is 15.2. The van der Waals surface area contributed by atoms with Crippen molar-refractivity contribution >= 4 is 0 Å². The van der Waals surface area contributed by atoms with E-state index in [1.165, 1.54) is 5.56 Å². The summed E-state index contributed by atoms with van der Waals surface area (Å²) in [5.74, 6) is 2.39. The molecule has 0 bridgehead atoms. The average molecular weight is 293 g/mol. The van der Waals surface area contributed by atoms with E-state index in [4.69, 9.17) is 14.2 Å². The van der Waals surface area contributed by atoms with Crippen LogP contribution in [0.25, 0.3) is 0 Å². The molecule has 0 amide bonds. The molecular formula is C17H27NO3. The number of rotatable bonds is 6. The SMILES string of the molecule is COc1ccc(CN2CCOC(CC(C)C)C2)c(OC)c1. The minimum Gasteiger partial charge on any atom is -0.497 e. The number of hydrogen-bond donors (Lipinski definition) is 0. The molecule has 1 aromatic carbocycles. The summed E-state index contributed by atoms with van der Waals surface area (Å²) in [5, 5.41) is 0. The van der Waals surface area contributed by atoms with Crippen molar-refractivity contribution in [2.75, 3.05) is 33.9 Å². The molecule has 0 N–H and O–H groups in total. The van der Waals surface area contributed by atoms with E-state index >= 15 is 0 Å². The molecule has 1 atom stereocenters. The summed E-state index contributed by atoms with van der Waals surface area (Å²) in [5.41, 5.74) is 1.20. The van der Waals surface area contributed by atoms with Crippen LogP contribution in [0.15, 0.2) is 18.2 Å². The van der Waals surface area contributed by atoms with E-state index in [2.05, 4.69) is 24.8 Å². The topological polar surface area (TPSA) is 30.9 Å². The third-order valence-electron chi connectivity index (χ3n) is 3.85. The Balaban J connectivity index is 2.00. The maximum atomic E-state index is 5.86. The van der Waals surface area contributed by atoms with Crippen LogP contribution in [-0.4, -0.2) is 44.9 Å². The fraction of sp³-hybridized carbons (Fsp3) is 0.647. The van der Waals surface area contributed by atoms with Crippen LogP contribution < -0.4 is 9.47 Å². The molecule has 21 heavy (non-hydrogen) atoms. The first-order valence-electron chi connectivity index (χ1n) is 7.67. The molecule has 1 saturated heterocycles. The summed E-state index contributed by atoms with van der Waals surface area (Å²) < 4.78 is 16.6. The van der Waals surface area contributed by atoms with Crippen molar-refractivity contribution in [1.29, 1.82) is 0 Å². The Labute approximate surface area is 128 Å². The second kappa shape index (κ2) is 7.66. The minimum absolute atomic E-state index is 0.350. The van der Waals surface area contributed by atoms with Gasteiger partial charge in [-0.2, -0.15) is 0 Å². The first-order valence-corrected chi connectivity index (χ1v) is 7.67. The number of methoxy groups -OCH3 is 2. The first kappa shape index (κ1) is 16.1. The molecular weight excluding hydrogens is 266 g/mol. The molecule has 1 aliphatic heterocycles. The number of hydrogen-bond acceptors (Lipinski definition) is 4. The van der Waals surface area contributed by atoms with Gasteiger partial charge in [-0.3, -0.25) is 4.90 Å². The normalized spacial score (nSPS) is 19.8. The van der Waals surface area contributed by atoms with Crippen LogP contribution in [0, 0.1) is 5.92 Å². The summed E-state index contributed by atoms with van der Waals surface area (Å²) in [6, 6.07) is 6.02. The molecule has 0 aromatic heterocycles. The van der Waals surface area contributed by atoms with Crippen molar-refractivity contribution in [1.82, 2.24) is 4.90 Å². The summed E-state index contributed by atoms with van der Waals surface area (Å²) >= 11 is 0. The van der Waals surface area contributed by atoms with Gasteiger partial charge in [0.1, 0.15) is 11.5 Å². The Morgan fingerprint density at radius 2 is 2.10 bits per heavy atom. The molecule has 0 spiro atoms. The molecule has 1 aliphatic rings. The quantitative estimate of drug-likeness (QED) is 0.807. The molecule has 4 nitrogen and oxygen atoms in total. The second-order valence-corrected chi connectivity index (χ2v) is 6.04. The fourth-order valence-electron chi connectivity index (χ4n) is 2.82. The molecule has 0 radical (unpaired) electrons. The Morgan fingerprint density at radius 3 is 2.76 bits per heavy atom. The van der Waals surface area contributed by atoms with Crippen molar-refractivity contribution in [3.63, 3.8) is 0 Å². The molecule has 0 saturated carbocycles. The first-order chi connectivity index (χ1) is 10.1. The van der Waals surface area contributed by atoms with Crippen molar-refractivity contribution in [2.45, 2.75) is 32.9 Å². The minimum atomic E-state index is 0.350. The Hall–Kier alpha value is -1.26. The molecule has 4 heteroatoms. The molecule has 1 heterocycles. The van der Waals surface area contributed by atoms with Gasteiger partial charge in [-0.15, -0.1) is 0 Å². The highest BCUT2D eigenvalue weighted by molar-refractivity contribution is 5.40. The second-order valence-electron chi connectivity index (χ2n) is 6.04. The van der Waals surface area contributed by atoms with Gasteiger partial charge in [0, 0.05) is 31.3 Å². The van der Waals surface area contributed by atoms with Gasteiger partial charge in [0.25, 0.3) is 0 Å². The highest BCUT2D eigenvalue weighted by Gasteiger charge is 2.22. The van der Waals surface area contributed by atoms with E-state index < -0.39 is 0 Å². The van der Waals surface area contributed by atoms with Gasteiger partial charge in [0.15, 0.2) is 0 Å². The van der Waals surface area contributed by atoms with Gasteiger partial charge in [0.05, 0.1) is 26.9 Å². The monoisotopic (exact) mass is 293 g/mol. The van der Waals surface area contributed by atoms with E-state index in [0.717, 1.165) is 44.2 Å². The Kier molecular flexibility index (Phi) is 5.88. The van der Waals surface area contributed by atoms with Crippen LogP contribution in [0.4, 0.5) is 0 Å². The number of nitrogens with zero attached hydrogens (tertiary/aromatic N) is 1. The largest absolute Gasteiger partial charge is 0.497 e. The lowest BCUT2D eigenvalue weighted by Gasteiger charge is -2.34. The van der Waals surface area contributed by atoms with Gasteiger partial charge in [0.2, 0.25) is 0 Å². The Bertz CT molecular complexity index is 448. The van der Waals surface area contributed by atoms with Crippen molar-refractivity contribution in [3.8, 4) is 11.5 Å².